The molecule has 1 amide bonds. The first-order valence-electron chi connectivity index (χ1n) is 3.89. The third-order valence-electron chi connectivity index (χ3n) is 1.25. The Morgan fingerprint density at radius 2 is 2.14 bits per heavy atom. The van der Waals surface area contributed by atoms with E-state index in [1.807, 2.05) is 0 Å². The Hall–Kier alpha value is -1.62. The van der Waals surface area contributed by atoms with E-state index in [4.69, 9.17) is 4.74 Å². The Morgan fingerprint density at radius 1 is 1.50 bits per heavy atom. The van der Waals surface area contributed by atoms with E-state index in [1.54, 1.807) is 0 Å². The number of hydrogen-bond donors (Lipinski definition) is 1. The SMILES string of the molecule is C=CCOC(NC(=O)C=C)C(=O)OC. The molecule has 78 valence electrons. The van der Waals surface area contributed by atoms with Gasteiger partial charge in [0.1, 0.15) is 0 Å². The maximum atomic E-state index is 11.0. The normalized spacial score (nSPS) is 11.2. The van der Waals surface area contributed by atoms with Crippen molar-refractivity contribution in [2.24, 2.45) is 0 Å². The topological polar surface area (TPSA) is 64.6 Å². The first kappa shape index (κ1) is 12.4. The van der Waals surface area contributed by atoms with Gasteiger partial charge in [-0.15, -0.1) is 6.58 Å². The molecule has 14 heavy (non-hydrogen) atoms. The lowest BCUT2D eigenvalue weighted by Crippen LogP contribution is -2.42. The number of esters is 1. The summed E-state index contributed by atoms with van der Waals surface area (Å²) in [5.41, 5.74) is 0. The minimum atomic E-state index is -1.12. The van der Waals surface area contributed by atoms with E-state index in [9.17, 15) is 9.59 Å². The highest BCUT2D eigenvalue weighted by Gasteiger charge is 2.20. The van der Waals surface area contributed by atoms with Gasteiger partial charge in [0.2, 0.25) is 12.1 Å². The van der Waals surface area contributed by atoms with E-state index >= 15 is 0 Å². The summed E-state index contributed by atoms with van der Waals surface area (Å²) in [6.07, 6.45) is 1.37. The van der Waals surface area contributed by atoms with Gasteiger partial charge in [0.15, 0.2) is 0 Å². The van der Waals surface area contributed by atoms with Crippen LogP contribution in [0.3, 0.4) is 0 Å². The molecule has 0 aliphatic carbocycles. The molecule has 0 aliphatic heterocycles. The number of ether oxygens (including phenoxy) is 2. The van der Waals surface area contributed by atoms with E-state index in [-0.39, 0.29) is 6.61 Å². The standard InChI is InChI=1S/C9H13NO4/c1-4-6-14-8(9(12)13-3)10-7(11)5-2/h4-5,8H,1-2,6H2,3H3,(H,10,11). The zero-order chi connectivity index (χ0) is 11.0. The molecule has 5 nitrogen and oxygen atoms in total. The van der Waals surface area contributed by atoms with Crippen molar-refractivity contribution in [2.75, 3.05) is 13.7 Å². The molecule has 0 fully saturated rings. The number of nitrogens with one attached hydrogen (secondary N) is 1. The minimum Gasteiger partial charge on any atom is -0.466 e. The van der Waals surface area contributed by atoms with Gasteiger partial charge in [-0.05, 0) is 6.08 Å². The van der Waals surface area contributed by atoms with Gasteiger partial charge in [0, 0.05) is 0 Å². The Balaban J connectivity index is 4.22. The fourth-order valence-corrected chi connectivity index (χ4v) is 0.628. The second-order valence-electron chi connectivity index (χ2n) is 2.24. The number of rotatable bonds is 6. The number of amides is 1. The third kappa shape index (κ3) is 4.42. The van der Waals surface area contributed by atoms with Crippen LogP contribution in [0.15, 0.2) is 25.3 Å². The summed E-state index contributed by atoms with van der Waals surface area (Å²) in [6, 6.07) is 0. The molecule has 0 aromatic rings. The lowest BCUT2D eigenvalue weighted by Gasteiger charge is -2.14. The largest absolute Gasteiger partial charge is 0.466 e. The van der Waals surface area contributed by atoms with Crippen molar-refractivity contribution in [3.63, 3.8) is 0 Å². The Labute approximate surface area is 82.4 Å². The van der Waals surface area contributed by atoms with Gasteiger partial charge in [-0.1, -0.05) is 12.7 Å². The lowest BCUT2D eigenvalue weighted by atomic mass is 10.5. The van der Waals surface area contributed by atoms with Crippen molar-refractivity contribution in [2.45, 2.75) is 6.23 Å². The van der Waals surface area contributed by atoms with Gasteiger partial charge in [-0.2, -0.15) is 0 Å². The van der Waals surface area contributed by atoms with Crippen molar-refractivity contribution in [1.82, 2.24) is 5.32 Å². The first-order valence-corrected chi connectivity index (χ1v) is 3.89. The smallest absolute Gasteiger partial charge is 0.356 e. The summed E-state index contributed by atoms with van der Waals surface area (Å²) in [5.74, 6) is -1.19. The summed E-state index contributed by atoms with van der Waals surface area (Å²) in [4.78, 5) is 21.9. The van der Waals surface area contributed by atoms with Crippen LogP contribution in [0.4, 0.5) is 0 Å². The maximum absolute atomic E-state index is 11.0. The van der Waals surface area contributed by atoms with E-state index in [1.165, 1.54) is 13.2 Å². The minimum absolute atomic E-state index is 0.136. The molecule has 0 aliphatic rings. The first-order chi connectivity index (χ1) is 6.65. The van der Waals surface area contributed by atoms with Crippen LogP contribution >= 0.6 is 0 Å². The molecule has 0 saturated heterocycles. The van der Waals surface area contributed by atoms with Crippen molar-refractivity contribution in [3.05, 3.63) is 25.3 Å². The summed E-state index contributed by atoms with van der Waals surface area (Å²) in [5, 5.41) is 2.25. The fourth-order valence-electron chi connectivity index (χ4n) is 0.628. The van der Waals surface area contributed by atoms with Crippen molar-refractivity contribution in [3.8, 4) is 0 Å². The zero-order valence-electron chi connectivity index (χ0n) is 7.99. The zero-order valence-corrected chi connectivity index (χ0v) is 7.99. The van der Waals surface area contributed by atoms with Crippen LogP contribution in [0.2, 0.25) is 0 Å². The Kier molecular flexibility index (Phi) is 6.06. The van der Waals surface area contributed by atoms with Crippen molar-refractivity contribution < 1.29 is 19.1 Å². The average molecular weight is 199 g/mol. The third-order valence-corrected chi connectivity index (χ3v) is 1.25. The van der Waals surface area contributed by atoms with Crippen LogP contribution in [0, 0.1) is 0 Å². The number of carbonyl (C=O) groups excluding carboxylic acids is 2. The number of hydrogen-bond acceptors (Lipinski definition) is 4. The molecule has 0 bridgehead atoms. The molecule has 0 aromatic heterocycles. The molecule has 1 unspecified atom stereocenters. The molecule has 1 N–H and O–H groups in total. The van der Waals surface area contributed by atoms with E-state index in [2.05, 4.69) is 23.2 Å². The highest BCUT2D eigenvalue weighted by atomic mass is 16.6. The molecule has 0 spiro atoms. The highest BCUT2D eigenvalue weighted by Crippen LogP contribution is 1.92. The molecule has 0 radical (unpaired) electrons. The number of carbonyl (C=O) groups is 2. The van der Waals surface area contributed by atoms with Crippen LogP contribution in [0.5, 0.6) is 0 Å². The molecule has 5 heteroatoms. The molecule has 1 atom stereocenters. The van der Waals surface area contributed by atoms with Gasteiger partial charge in [-0.25, -0.2) is 4.79 Å². The number of methoxy groups -OCH3 is 1. The van der Waals surface area contributed by atoms with E-state index in [0.29, 0.717) is 0 Å². The molecule has 0 aromatic carbocycles. The fraction of sp³-hybridized carbons (Fsp3) is 0.333. The van der Waals surface area contributed by atoms with Crippen LogP contribution in [0.25, 0.3) is 0 Å². The summed E-state index contributed by atoms with van der Waals surface area (Å²) in [7, 11) is 1.20. The van der Waals surface area contributed by atoms with Crippen LogP contribution in [-0.4, -0.2) is 31.8 Å². The summed E-state index contributed by atoms with van der Waals surface area (Å²) < 4.78 is 9.35. The van der Waals surface area contributed by atoms with E-state index < -0.39 is 18.1 Å². The highest BCUT2D eigenvalue weighted by molar-refractivity contribution is 5.90. The maximum Gasteiger partial charge on any atom is 0.356 e. The second-order valence-corrected chi connectivity index (χ2v) is 2.24. The molecule has 0 heterocycles. The van der Waals surface area contributed by atoms with E-state index in [0.717, 1.165) is 6.08 Å². The Morgan fingerprint density at radius 3 is 2.57 bits per heavy atom. The van der Waals surface area contributed by atoms with Crippen molar-refractivity contribution >= 4 is 11.9 Å². The molecular weight excluding hydrogens is 186 g/mol. The van der Waals surface area contributed by atoms with Crippen LogP contribution < -0.4 is 5.32 Å². The van der Waals surface area contributed by atoms with Gasteiger partial charge in [0.05, 0.1) is 13.7 Å². The Bertz CT molecular complexity index is 237. The average Bonchev–Trinajstić information content (AvgIpc) is 2.22. The van der Waals surface area contributed by atoms with Gasteiger partial charge < -0.3 is 14.8 Å². The lowest BCUT2D eigenvalue weighted by molar-refractivity contribution is -0.157. The van der Waals surface area contributed by atoms with Gasteiger partial charge >= 0.3 is 5.97 Å². The summed E-state index contributed by atoms with van der Waals surface area (Å²) in [6.45, 7) is 6.78. The predicted molar refractivity (Wildman–Crippen MR) is 50.3 cm³/mol. The quantitative estimate of drug-likeness (QED) is 0.283. The van der Waals surface area contributed by atoms with Crippen LogP contribution in [0.1, 0.15) is 0 Å². The van der Waals surface area contributed by atoms with Crippen LogP contribution in [-0.2, 0) is 19.1 Å². The van der Waals surface area contributed by atoms with Gasteiger partial charge in [0.25, 0.3) is 0 Å². The molecular formula is C9H13NO4. The molecule has 0 rings (SSSR count). The molecule has 0 saturated carbocycles. The monoisotopic (exact) mass is 199 g/mol. The van der Waals surface area contributed by atoms with Gasteiger partial charge in [-0.3, -0.25) is 4.79 Å². The summed E-state index contributed by atoms with van der Waals surface area (Å²) >= 11 is 0. The van der Waals surface area contributed by atoms with Crippen molar-refractivity contribution in [1.29, 1.82) is 0 Å². The second kappa shape index (κ2) is 6.85. The predicted octanol–water partition coefficient (Wildman–Crippen LogP) is -0.00970.